The van der Waals surface area contributed by atoms with Crippen LogP contribution in [0.1, 0.15) is 12.5 Å². The van der Waals surface area contributed by atoms with Crippen LogP contribution in [0, 0.1) is 5.82 Å². The van der Waals surface area contributed by atoms with Crippen LogP contribution in [-0.4, -0.2) is 12.4 Å². The first kappa shape index (κ1) is 9.99. The van der Waals surface area contributed by atoms with Crippen molar-refractivity contribution in [1.29, 1.82) is 0 Å². The molecule has 4 heteroatoms. The van der Waals surface area contributed by atoms with Crippen molar-refractivity contribution < 1.29 is 4.39 Å². The smallest absolute Gasteiger partial charge is 0.127 e. The van der Waals surface area contributed by atoms with E-state index >= 15 is 0 Å². The zero-order valence-corrected chi connectivity index (χ0v) is 7.98. The van der Waals surface area contributed by atoms with Gasteiger partial charge in [-0.1, -0.05) is 11.6 Å². The first-order valence-electron chi connectivity index (χ1n) is 3.90. The van der Waals surface area contributed by atoms with E-state index in [1.807, 2.05) is 6.92 Å². The highest BCUT2D eigenvalue weighted by atomic mass is 35.5. The maximum absolute atomic E-state index is 12.6. The Kier molecular flexibility index (Phi) is 3.25. The molecule has 0 spiro atoms. The standard InChI is InChI=1S/C9H10ClFN2/c1-2-13-9(12)7-4-3-6(11)5-8(7)10/h3-5H,2H2,1H3,(H2,12,13). The summed E-state index contributed by atoms with van der Waals surface area (Å²) >= 11 is 5.76. The first-order chi connectivity index (χ1) is 6.15. The van der Waals surface area contributed by atoms with Gasteiger partial charge >= 0.3 is 0 Å². The van der Waals surface area contributed by atoms with Crippen LogP contribution in [-0.2, 0) is 0 Å². The lowest BCUT2D eigenvalue weighted by Crippen LogP contribution is -2.14. The van der Waals surface area contributed by atoms with Crippen LogP contribution in [0.4, 0.5) is 4.39 Å². The molecule has 1 aromatic carbocycles. The molecule has 0 amide bonds. The van der Waals surface area contributed by atoms with Gasteiger partial charge in [0.05, 0.1) is 5.02 Å². The third-order valence-corrected chi connectivity index (χ3v) is 1.85. The van der Waals surface area contributed by atoms with E-state index in [0.717, 1.165) is 0 Å². The first-order valence-corrected chi connectivity index (χ1v) is 4.28. The van der Waals surface area contributed by atoms with Gasteiger partial charge in [-0.2, -0.15) is 0 Å². The highest BCUT2D eigenvalue weighted by Gasteiger charge is 2.04. The largest absolute Gasteiger partial charge is 0.383 e. The molecule has 13 heavy (non-hydrogen) atoms. The fourth-order valence-electron chi connectivity index (χ4n) is 0.953. The molecule has 0 saturated carbocycles. The van der Waals surface area contributed by atoms with Gasteiger partial charge in [0.15, 0.2) is 0 Å². The van der Waals surface area contributed by atoms with Crippen molar-refractivity contribution in [3.05, 3.63) is 34.6 Å². The summed E-state index contributed by atoms with van der Waals surface area (Å²) in [6.07, 6.45) is 0. The Bertz CT molecular complexity index is 336. The van der Waals surface area contributed by atoms with E-state index in [1.165, 1.54) is 18.2 Å². The van der Waals surface area contributed by atoms with Gasteiger partial charge < -0.3 is 5.73 Å². The molecular weight excluding hydrogens is 191 g/mol. The van der Waals surface area contributed by atoms with Gasteiger partial charge in [-0.25, -0.2) is 4.39 Å². The van der Waals surface area contributed by atoms with Crippen molar-refractivity contribution in [1.82, 2.24) is 0 Å². The minimum Gasteiger partial charge on any atom is -0.383 e. The predicted molar refractivity (Wildman–Crippen MR) is 52.7 cm³/mol. The van der Waals surface area contributed by atoms with E-state index < -0.39 is 0 Å². The fraction of sp³-hybridized carbons (Fsp3) is 0.222. The molecule has 0 bridgehead atoms. The molecule has 1 aromatic rings. The fourth-order valence-corrected chi connectivity index (χ4v) is 1.22. The second-order valence-electron chi connectivity index (χ2n) is 2.48. The molecule has 0 unspecified atom stereocenters. The number of hydrogen-bond acceptors (Lipinski definition) is 1. The molecule has 70 valence electrons. The summed E-state index contributed by atoms with van der Waals surface area (Å²) in [5.74, 6) is -0.0365. The Labute approximate surface area is 81.2 Å². The van der Waals surface area contributed by atoms with Crippen LogP contribution in [0.2, 0.25) is 5.02 Å². The second kappa shape index (κ2) is 4.23. The second-order valence-corrected chi connectivity index (χ2v) is 2.89. The van der Waals surface area contributed by atoms with E-state index in [1.54, 1.807) is 0 Å². The van der Waals surface area contributed by atoms with Crippen molar-refractivity contribution in [3.63, 3.8) is 0 Å². The molecule has 0 heterocycles. The van der Waals surface area contributed by atoms with Gasteiger partial charge in [0.1, 0.15) is 11.7 Å². The number of amidine groups is 1. The van der Waals surface area contributed by atoms with Gasteiger partial charge in [0.2, 0.25) is 0 Å². The summed E-state index contributed by atoms with van der Waals surface area (Å²) in [6, 6.07) is 4.04. The minimum absolute atomic E-state index is 0.287. The van der Waals surface area contributed by atoms with Crippen LogP contribution in [0.5, 0.6) is 0 Å². The molecule has 0 radical (unpaired) electrons. The number of nitrogens with two attached hydrogens (primary N) is 1. The van der Waals surface area contributed by atoms with E-state index in [9.17, 15) is 4.39 Å². The molecule has 1 rings (SSSR count). The summed E-state index contributed by atoms with van der Waals surface area (Å²) in [6.45, 7) is 2.45. The van der Waals surface area contributed by atoms with Gasteiger partial charge in [0.25, 0.3) is 0 Å². The van der Waals surface area contributed by atoms with E-state index in [4.69, 9.17) is 17.3 Å². The van der Waals surface area contributed by atoms with Crippen LogP contribution < -0.4 is 5.73 Å². The average Bonchev–Trinajstić information content (AvgIpc) is 2.04. The highest BCUT2D eigenvalue weighted by Crippen LogP contribution is 2.16. The molecule has 0 aliphatic heterocycles. The molecule has 0 fully saturated rings. The normalized spacial score (nSPS) is 11.8. The lowest BCUT2D eigenvalue weighted by atomic mass is 10.2. The SMILES string of the molecule is CCN=C(N)c1ccc(F)cc1Cl. The summed E-state index contributed by atoms with van der Waals surface area (Å²) in [5, 5.41) is 0.287. The third kappa shape index (κ3) is 2.42. The van der Waals surface area contributed by atoms with Gasteiger partial charge in [0, 0.05) is 12.1 Å². The Balaban J connectivity index is 3.09. The molecule has 0 saturated heterocycles. The summed E-state index contributed by atoms with van der Waals surface area (Å²) in [7, 11) is 0. The monoisotopic (exact) mass is 200 g/mol. The van der Waals surface area contributed by atoms with E-state index in [2.05, 4.69) is 4.99 Å². The van der Waals surface area contributed by atoms with Gasteiger partial charge in [-0.15, -0.1) is 0 Å². The van der Waals surface area contributed by atoms with E-state index in [0.29, 0.717) is 17.9 Å². The molecule has 0 aliphatic carbocycles. The van der Waals surface area contributed by atoms with Crippen LogP contribution in [0.15, 0.2) is 23.2 Å². The number of aliphatic imine (C=N–C) groups is 1. The Hall–Kier alpha value is -1.09. The summed E-state index contributed by atoms with van der Waals surface area (Å²) < 4.78 is 12.6. The maximum atomic E-state index is 12.6. The van der Waals surface area contributed by atoms with Crippen LogP contribution >= 0.6 is 11.6 Å². The van der Waals surface area contributed by atoms with E-state index in [-0.39, 0.29) is 10.8 Å². The number of rotatable bonds is 2. The van der Waals surface area contributed by atoms with Crippen molar-refractivity contribution >= 4 is 17.4 Å². The zero-order chi connectivity index (χ0) is 9.84. The maximum Gasteiger partial charge on any atom is 0.127 e. The zero-order valence-electron chi connectivity index (χ0n) is 7.22. The number of nitrogens with zero attached hydrogens (tertiary/aromatic N) is 1. The Morgan fingerprint density at radius 1 is 1.62 bits per heavy atom. The molecule has 0 aliphatic rings. The predicted octanol–water partition coefficient (Wildman–Crippen LogP) is 2.20. The minimum atomic E-state index is -0.377. The molecule has 0 aromatic heterocycles. The molecule has 2 nitrogen and oxygen atoms in total. The number of halogens is 2. The van der Waals surface area contributed by atoms with Crippen molar-refractivity contribution in [2.24, 2.45) is 10.7 Å². The van der Waals surface area contributed by atoms with Crippen LogP contribution in [0.25, 0.3) is 0 Å². The lowest BCUT2D eigenvalue weighted by molar-refractivity contribution is 0.628. The topological polar surface area (TPSA) is 38.4 Å². The molecule has 2 N–H and O–H groups in total. The molecule has 0 atom stereocenters. The van der Waals surface area contributed by atoms with Crippen molar-refractivity contribution in [2.75, 3.05) is 6.54 Å². The average molecular weight is 201 g/mol. The van der Waals surface area contributed by atoms with Gasteiger partial charge in [-0.3, -0.25) is 4.99 Å². The van der Waals surface area contributed by atoms with Crippen LogP contribution in [0.3, 0.4) is 0 Å². The van der Waals surface area contributed by atoms with Crippen molar-refractivity contribution in [2.45, 2.75) is 6.92 Å². The number of benzene rings is 1. The third-order valence-electron chi connectivity index (χ3n) is 1.54. The Morgan fingerprint density at radius 3 is 2.85 bits per heavy atom. The number of hydrogen-bond donors (Lipinski definition) is 1. The van der Waals surface area contributed by atoms with Gasteiger partial charge in [-0.05, 0) is 25.1 Å². The quantitative estimate of drug-likeness (QED) is 0.577. The highest BCUT2D eigenvalue weighted by molar-refractivity contribution is 6.34. The lowest BCUT2D eigenvalue weighted by Gasteiger charge is -2.02. The summed E-state index contributed by atoms with van der Waals surface area (Å²) in [4.78, 5) is 3.97. The Morgan fingerprint density at radius 2 is 2.31 bits per heavy atom. The molecular formula is C9H10ClFN2. The van der Waals surface area contributed by atoms with Crippen molar-refractivity contribution in [3.8, 4) is 0 Å². The summed E-state index contributed by atoms with van der Waals surface area (Å²) in [5.41, 5.74) is 6.17.